The summed E-state index contributed by atoms with van der Waals surface area (Å²) >= 11 is 8.20. The summed E-state index contributed by atoms with van der Waals surface area (Å²) in [6, 6.07) is 0.705. The van der Waals surface area contributed by atoms with Crippen LogP contribution < -0.4 is 26.6 Å². The lowest BCUT2D eigenvalue weighted by atomic mass is 9.70. The van der Waals surface area contributed by atoms with E-state index in [2.05, 4.69) is 33.5 Å². The van der Waals surface area contributed by atoms with Crippen molar-refractivity contribution in [3.8, 4) is 0 Å². The highest BCUT2D eigenvalue weighted by atomic mass is 35.5. The monoisotopic (exact) mass is 600 g/mol. The molecule has 226 valence electrons. The molecular weight excluding hydrogens is 556 g/mol. The molecule has 5 heterocycles. The van der Waals surface area contributed by atoms with Crippen molar-refractivity contribution in [1.29, 1.82) is 0 Å². The first kappa shape index (κ1) is 29.4. The Hall–Kier alpha value is -0.700. The molecule has 6 aliphatic rings. The summed E-state index contributed by atoms with van der Waals surface area (Å²) in [6.45, 7) is 4.81. The molecule has 13 unspecified atom stereocenters. The average Bonchev–Trinajstić information content (AvgIpc) is 3.65. The van der Waals surface area contributed by atoms with Crippen molar-refractivity contribution in [2.75, 3.05) is 40.4 Å². The summed E-state index contributed by atoms with van der Waals surface area (Å²) in [5.74, 6) is 0.368. The third-order valence-corrected chi connectivity index (χ3v) is 11.7. The first-order valence-electron chi connectivity index (χ1n) is 14.9. The van der Waals surface area contributed by atoms with Crippen molar-refractivity contribution in [3.63, 3.8) is 0 Å². The van der Waals surface area contributed by atoms with Gasteiger partial charge in [-0.2, -0.15) is 0 Å². The molecule has 6 rings (SSSR count). The van der Waals surface area contributed by atoms with Crippen LogP contribution in [0.25, 0.3) is 0 Å². The topological polar surface area (TPSA) is 125 Å². The number of piperidine rings is 2. The van der Waals surface area contributed by atoms with Gasteiger partial charge in [0.1, 0.15) is 5.50 Å². The van der Waals surface area contributed by atoms with Crippen LogP contribution in [-0.2, 0) is 23.8 Å². The molecule has 0 aromatic carbocycles. The van der Waals surface area contributed by atoms with E-state index in [0.29, 0.717) is 32.2 Å². The molecule has 11 nitrogen and oxygen atoms in total. The second-order valence-electron chi connectivity index (χ2n) is 12.4. The molecule has 13 heteroatoms. The van der Waals surface area contributed by atoms with Crippen LogP contribution in [0.15, 0.2) is 0 Å². The van der Waals surface area contributed by atoms with Crippen LogP contribution in [-0.4, -0.2) is 116 Å². The lowest BCUT2D eigenvalue weighted by Gasteiger charge is -2.45. The molecule has 0 aromatic heterocycles. The van der Waals surface area contributed by atoms with Crippen molar-refractivity contribution in [1.82, 2.24) is 31.5 Å². The fourth-order valence-electron chi connectivity index (χ4n) is 7.80. The second-order valence-corrected chi connectivity index (χ2v) is 14.3. The van der Waals surface area contributed by atoms with Crippen LogP contribution in [0.1, 0.15) is 39.0 Å². The van der Waals surface area contributed by atoms with Gasteiger partial charge in [0.2, 0.25) is 5.91 Å². The number of carbonyl (C=O) groups excluding carboxylic acids is 2. The molecule has 5 N–H and O–H groups in total. The summed E-state index contributed by atoms with van der Waals surface area (Å²) in [5, 5.41) is 17.3. The number of rotatable bonds is 6. The van der Waals surface area contributed by atoms with Crippen LogP contribution in [0, 0.1) is 17.8 Å². The van der Waals surface area contributed by atoms with Crippen LogP contribution in [0.4, 0.5) is 0 Å². The lowest BCUT2D eigenvalue weighted by Crippen LogP contribution is -2.57. The molecule has 0 spiro atoms. The summed E-state index contributed by atoms with van der Waals surface area (Å²) in [6.07, 6.45) is 4.19. The third kappa shape index (κ3) is 6.03. The lowest BCUT2D eigenvalue weighted by molar-refractivity contribution is -0.144. The van der Waals surface area contributed by atoms with Gasteiger partial charge in [-0.05, 0) is 44.4 Å². The van der Waals surface area contributed by atoms with E-state index in [1.54, 1.807) is 26.0 Å². The molecule has 0 aromatic rings. The van der Waals surface area contributed by atoms with Crippen molar-refractivity contribution < 1.29 is 23.8 Å². The predicted octanol–water partition coefficient (Wildman–Crippen LogP) is -0.0124. The Labute approximate surface area is 246 Å². The Kier molecular flexibility index (Phi) is 9.18. The summed E-state index contributed by atoms with van der Waals surface area (Å²) in [4.78, 5) is 28.8. The van der Waals surface area contributed by atoms with E-state index in [9.17, 15) is 9.59 Å². The quantitative estimate of drug-likeness (QED) is 0.210. The van der Waals surface area contributed by atoms with E-state index in [1.807, 2.05) is 4.90 Å². The minimum Gasteiger partial charge on any atom is -0.381 e. The van der Waals surface area contributed by atoms with Crippen molar-refractivity contribution in [3.05, 3.63) is 0 Å². The van der Waals surface area contributed by atoms with Gasteiger partial charge in [0, 0.05) is 70.2 Å². The fraction of sp³-hybridized carbons (Fsp3) is 0.926. The Bertz CT molecular complexity index is 924. The normalized spacial score (nSPS) is 47.1. The Morgan fingerprint density at radius 1 is 1.00 bits per heavy atom. The number of nitrogens with zero attached hydrogens (tertiary/aromatic N) is 1. The zero-order valence-corrected chi connectivity index (χ0v) is 25.2. The highest BCUT2D eigenvalue weighted by Crippen LogP contribution is 2.39. The smallest absolute Gasteiger partial charge is 0.266 e. The number of likely N-dealkylation sites (tertiary alicyclic amines) is 1. The molecular formula is C27H45ClN6O5S. The van der Waals surface area contributed by atoms with Crippen molar-refractivity contribution >= 4 is 35.2 Å². The van der Waals surface area contributed by atoms with Crippen LogP contribution in [0.2, 0.25) is 0 Å². The van der Waals surface area contributed by atoms with Crippen molar-refractivity contribution in [2.45, 2.75) is 97.9 Å². The third-order valence-electron chi connectivity index (χ3n) is 10.0. The van der Waals surface area contributed by atoms with Crippen LogP contribution >= 0.6 is 23.4 Å². The standard InChI is InChI=1S/C27H45ClN6O5S/c1-13-6-15(16-8-23(28)30-10-21(16)38-3)17(9-29-13)24(35)33-27-32-19-11-34(12-22(19)40-27)26(36)25-31-18-5-4-14(37-2)7-20(18)39-25/h13-23,25,27,29-32H,4-12H2,1-3H3,(H,33,35). The number of methoxy groups -OCH3 is 2. The molecule has 1 aliphatic carbocycles. The molecule has 0 radical (unpaired) electrons. The molecule has 5 aliphatic heterocycles. The van der Waals surface area contributed by atoms with Crippen LogP contribution in [0.5, 0.6) is 0 Å². The van der Waals surface area contributed by atoms with Gasteiger partial charge in [0.25, 0.3) is 5.91 Å². The Morgan fingerprint density at radius 3 is 2.62 bits per heavy atom. The maximum absolute atomic E-state index is 13.6. The van der Waals surface area contributed by atoms with Gasteiger partial charge >= 0.3 is 0 Å². The number of halogens is 1. The molecule has 13 atom stereocenters. The summed E-state index contributed by atoms with van der Waals surface area (Å²) in [5.41, 5.74) is -0.264. The molecule has 40 heavy (non-hydrogen) atoms. The van der Waals surface area contributed by atoms with Gasteiger partial charge in [-0.3, -0.25) is 25.5 Å². The molecule has 0 bridgehead atoms. The maximum atomic E-state index is 13.6. The minimum atomic E-state index is -0.582. The zero-order chi connectivity index (χ0) is 28.0. The highest BCUT2D eigenvalue weighted by molar-refractivity contribution is 8.00. The molecule has 6 fully saturated rings. The number of fused-ring (bicyclic) bond motifs is 2. The maximum Gasteiger partial charge on any atom is 0.266 e. The van der Waals surface area contributed by atoms with Gasteiger partial charge in [-0.1, -0.05) is 0 Å². The van der Waals surface area contributed by atoms with E-state index >= 15 is 0 Å². The number of nitrogens with one attached hydrogen (secondary N) is 5. The molecule has 2 amide bonds. The van der Waals surface area contributed by atoms with Crippen LogP contribution in [0.3, 0.4) is 0 Å². The minimum absolute atomic E-state index is 0.0123. The number of alkyl halides is 1. The van der Waals surface area contributed by atoms with Gasteiger partial charge in [0.05, 0.1) is 29.7 Å². The predicted molar refractivity (Wildman–Crippen MR) is 153 cm³/mol. The largest absolute Gasteiger partial charge is 0.381 e. The molecule has 1 saturated carbocycles. The number of thioether (sulfide) groups is 1. The second kappa shape index (κ2) is 12.5. The highest BCUT2D eigenvalue weighted by Gasteiger charge is 2.49. The number of hydrogen-bond acceptors (Lipinski definition) is 10. The van der Waals surface area contributed by atoms with Gasteiger partial charge < -0.3 is 29.7 Å². The van der Waals surface area contributed by atoms with E-state index in [-0.39, 0.29) is 76.2 Å². The van der Waals surface area contributed by atoms with E-state index in [1.165, 1.54) is 0 Å². The Balaban J connectivity index is 1.01. The van der Waals surface area contributed by atoms with E-state index in [4.69, 9.17) is 25.8 Å². The van der Waals surface area contributed by atoms with E-state index < -0.39 is 6.23 Å². The van der Waals surface area contributed by atoms with Gasteiger partial charge in [-0.25, -0.2) is 0 Å². The average molecular weight is 601 g/mol. The summed E-state index contributed by atoms with van der Waals surface area (Å²) < 4.78 is 17.5. The van der Waals surface area contributed by atoms with E-state index in [0.717, 1.165) is 32.1 Å². The van der Waals surface area contributed by atoms with Gasteiger partial charge in [-0.15, -0.1) is 23.4 Å². The SMILES string of the molecule is COC1CCC2NC(C(=O)N3CC4NC(NC(=O)C5CNC(C)CC5C5CC(Cl)NCC5OC)SC4C3)OC2C1. The van der Waals surface area contributed by atoms with Gasteiger partial charge in [0.15, 0.2) is 6.23 Å². The zero-order valence-electron chi connectivity index (χ0n) is 23.6. The first-order chi connectivity index (χ1) is 19.3. The number of ether oxygens (including phenoxy) is 3. The Morgan fingerprint density at radius 2 is 1.85 bits per heavy atom. The summed E-state index contributed by atoms with van der Waals surface area (Å²) in [7, 11) is 3.49. The first-order valence-corrected chi connectivity index (χ1v) is 16.3. The van der Waals surface area contributed by atoms with Crippen molar-refractivity contribution in [2.24, 2.45) is 17.8 Å². The fourth-order valence-corrected chi connectivity index (χ4v) is 9.50. The number of amides is 2. The molecule has 5 saturated heterocycles. The number of carbonyl (C=O) groups is 2. The number of hydrogen-bond donors (Lipinski definition) is 5.